The Morgan fingerprint density at radius 2 is 1.93 bits per heavy atom. The Labute approximate surface area is 174 Å². The zero-order valence-corrected chi connectivity index (χ0v) is 16.8. The number of oxazole rings is 1. The normalized spacial score (nSPS) is 15.3. The second-order valence-electron chi connectivity index (χ2n) is 7.46. The van der Waals surface area contributed by atoms with Gasteiger partial charge in [-0.15, -0.1) is 0 Å². The average molecular weight is 409 g/mol. The topological polar surface area (TPSA) is 74.5 Å². The van der Waals surface area contributed by atoms with Gasteiger partial charge < -0.3 is 9.73 Å². The van der Waals surface area contributed by atoms with Crippen LogP contribution in [0.15, 0.2) is 53.4 Å². The van der Waals surface area contributed by atoms with Crippen LogP contribution >= 0.6 is 0 Å². The van der Waals surface area contributed by atoms with Crippen molar-refractivity contribution in [1.29, 1.82) is 0 Å². The molecule has 1 aliphatic rings. The molecule has 1 aliphatic heterocycles. The second kappa shape index (κ2) is 9.15. The van der Waals surface area contributed by atoms with E-state index in [1.165, 1.54) is 17.9 Å². The minimum Gasteiger partial charge on any atom is -0.447 e. The lowest BCUT2D eigenvalue weighted by Crippen LogP contribution is -2.45. The predicted molar refractivity (Wildman–Crippen MR) is 110 cm³/mol. The fourth-order valence-electron chi connectivity index (χ4n) is 3.40. The number of hydrogen-bond acceptors (Lipinski definition) is 6. The van der Waals surface area contributed by atoms with Gasteiger partial charge in [-0.3, -0.25) is 19.6 Å². The molecule has 156 valence electrons. The van der Waals surface area contributed by atoms with Crippen molar-refractivity contribution < 1.29 is 13.6 Å². The third-order valence-electron chi connectivity index (χ3n) is 5.17. The van der Waals surface area contributed by atoms with Crippen LogP contribution in [0.5, 0.6) is 0 Å². The minimum atomic E-state index is -0.422. The number of aryl methyl sites for hydroxylation is 1. The summed E-state index contributed by atoms with van der Waals surface area (Å²) >= 11 is 0. The number of piperazine rings is 1. The van der Waals surface area contributed by atoms with Crippen LogP contribution in [-0.2, 0) is 13.1 Å². The number of hydrogen-bond donors (Lipinski definition) is 1. The molecule has 3 heterocycles. The van der Waals surface area contributed by atoms with Gasteiger partial charge >= 0.3 is 0 Å². The molecule has 1 aromatic carbocycles. The zero-order chi connectivity index (χ0) is 20.9. The number of carbonyl (C=O) groups is 1. The Balaban J connectivity index is 1.27. The molecule has 1 fully saturated rings. The first-order valence-corrected chi connectivity index (χ1v) is 9.92. The van der Waals surface area contributed by atoms with Gasteiger partial charge in [-0.25, -0.2) is 9.37 Å². The number of carbonyl (C=O) groups excluding carboxylic acids is 1. The van der Waals surface area contributed by atoms with Crippen molar-refractivity contribution >= 4 is 11.6 Å². The fraction of sp³-hybridized carbons (Fsp3) is 0.318. The zero-order valence-electron chi connectivity index (χ0n) is 16.8. The number of amides is 1. The van der Waals surface area contributed by atoms with Crippen LogP contribution in [-0.4, -0.2) is 51.9 Å². The van der Waals surface area contributed by atoms with Crippen molar-refractivity contribution in [3.8, 4) is 0 Å². The molecule has 0 unspecified atom stereocenters. The van der Waals surface area contributed by atoms with Gasteiger partial charge in [0.25, 0.3) is 5.91 Å². The number of nitrogens with zero attached hydrogens (tertiary/aromatic N) is 4. The van der Waals surface area contributed by atoms with Crippen LogP contribution < -0.4 is 5.32 Å². The molecule has 0 atom stereocenters. The third-order valence-corrected chi connectivity index (χ3v) is 5.17. The van der Waals surface area contributed by atoms with Crippen LogP contribution in [0.2, 0.25) is 0 Å². The predicted octanol–water partition coefficient (Wildman–Crippen LogP) is 3.09. The van der Waals surface area contributed by atoms with Crippen molar-refractivity contribution in [2.45, 2.75) is 20.0 Å². The quantitative estimate of drug-likeness (QED) is 0.674. The Bertz CT molecular complexity index is 1000. The van der Waals surface area contributed by atoms with E-state index in [-0.39, 0.29) is 11.5 Å². The highest BCUT2D eigenvalue weighted by Crippen LogP contribution is 2.16. The van der Waals surface area contributed by atoms with E-state index in [9.17, 15) is 9.18 Å². The van der Waals surface area contributed by atoms with E-state index in [2.05, 4.69) is 31.2 Å². The molecule has 1 N–H and O–H groups in total. The number of pyridine rings is 1. The summed E-state index contributed by atoms with van der Waals surface area (Å²) in [5.41, 5.74) is 2.30. The van der Waals surface area contributed by atoms with Crippen LogP contribution in [0.3, 0.4) is 0 Å². The van der Waals surface area contributed by atoms with E-state index in [1.807, 2.05) is 12.3 Å². The molecule has 30 heavy (non-hydrogen) atoms. The number of aromatic nitrogens is 2. The van der Waals surface area contributed by atoms with Gasteiger partial charge in [-0.05, 0) is 36.2 Å². The highest BCUT2D eigenvalue weighted by molar-refractivity contribution is 6.02. The number of nitrogens with one attached hydrogen (secondary N) is 1. The lowest BCUT2D eigenvalue weighted by molar-refractivity contribution is 0.102. The van der Waals surface area contributed by atoms with Gasteiger partial charge in [0.05, 0.1) is 6.54 Å². The molecule has 0 radical (unpaired) electrons. The molecule has 4 rings (SSSR count). The molecule has 0 aliphatic carbocycles. The molecule has 0 spiro atoms. The summed E-state index contributed by atoms with van der Waals surface area (Å²) in [4.78, 5) is 25.4. The van der Waals surface area contributed by atoms with E-state index in [1.54, 1.807) is 25.3 Å². The smallest absolute Gasteiger partial charge is 0.277 e. The van der Waals surface area contributed by atoms with Crippen molar-refractivity contribution in [2.75, 3.05) is 31.5 Å². The highest BCUT2D eigenvalue weighted by Gasteiger charge is 2.20. The first-order valence-electron chi connectivity index (χ1n) is 9.92. The number of rotatable bonds is 6. The van der Waals surface area contributed by atoms with Crippen molar-refractivity contribution in [3.05, 3.63) is 77.5 Å². The molecule has 3 aromatic rings. The molecule has 8 heteroatoms. The Morgan fingerprint density at radius 3 is 2.63 bits per heavy atom. The minimum absolute atomic E-state index is 0.182. The lowest BCUT2D eigenvalue weighted by atomic mass is 10.2. The highest BCUT2D eigenvalue weighted by atomic mass is 19.1. The van der Waals surface area contributed by atoms with Gasteiger partial charge in [0.1, 0.15) is 12.1 Å². The second-order valence-corrected chi connectivity index (χ2v) is 7.46. The number of halogens is 1. The number of anilines is 1. The van der Waals surface area contributed by atoms with Gasteiger partial charge in [0.2, 0.25) is 5.89 Å². The number of benzene rings is 1. The summed E-state index contributed by atoms with van der Waals surface area (Å²) in [7, 11) is 0. The van der Waals surface area contributed by atoms with Gasteiger partial charge in [0.15, 0.2) is 5.69 Å². The summed E-state index contributed by atoms with van der Waals surface area (Å²) < 4.78 is 19.1. The van der Waals surface area contributed by atoms with Crippen LogP contribution in [0.1, 0.15) is 27.5 Å². The maximum Gasteiger partial charge on any atom is 0.277 e. The van der Waals surface area contributed by atoms with E-state index < -0.39 is 5.91 Å². The molecule has 7 nitrogen and oxygen atoms in total. The van der Waals surface area contributed by atoms with E-state index in [4.69, 9.17) is 4.42 Å². The molecular formula is C22H24FN5O2. The largest absolute Gasteiger partial charge is 0.447 e. The molecule has 1 saturated heterocycles. The maximum absolute atomic E-state index is 13.6. The van der Waals surface area contributed by atoms with Gasteiger partial charge in [-0.1, -0.05) is 12.1 Å². The molecule has 1 amide bonds. The Kier molecular flexibility index (Phi) is 6.15. The average Bonchev–Trinajstić information content (AvgIpc) is 3.22. The molecule has 2 aromatic heterocycles. The Morgan fingerprint density at radius 1 is 1.17 bits per heavy atom. The summed E-state index contributed by atoms with van der Waals surface area (Å²) in [5, 5.41) is 2.65. The van der Waals surface area contributed by atoms with Crippen molar-refractivity contribution in [1.82, 2.24) is 19.8 Å². The van der Waals surface area contributed by atoms with E-state index >= 15 is 0 Å². The first kappa shape index (κ1) is 20.2. The monoisotopic (exact) mass is 409 g/mol. The summed E-state index contributed by atoms with van der Waals surface area (Å²) in [5.74, 6) is -0.290. The fourth-order valence-corrected chi connectivity index (χ4v) is 3.40. The molecular weight excluding hydrogens is 385 g/mol. The van der Waals surface area contributed by atoms with Crippen molar-refractivity contribution in [3.63, 3.8) is 0 Å². The SMILES string of the molecule is Cc1ccc(NC(=O)c2coc(CN3CCN(Cc4cccnc4)CC3)n2)cc1F. The molecule has 0 bridgehead atoms. The molecule has 0 saturated carbocycles. The summed E-state index contributed by atoms with van der Waals surface area (Å²) in [6.07, 6.45) is 5.02. The van der Waals surface area contributed by atoms with Gasteiger partial charge in [0, 0.05) is 50.8 Å². The van der Waals surface area contributed by atoms with Crippen LogP contribution in [0, 0.1) is 12.7 Å². The maximum atomic E-state index is 13.6. The lowest BCUT2D eigenvalue weighted by Gasteiger charge is -2.33. The first-order chi connectivity index (χ1) is 14.6. The van der Waals surface area contributed by atoms with Crippen LogP contribution in [0.25, 0.3) is 0 Å². The summed E-state index contributed by atoms with van der Waals surface area (Å²) in [6.45, 7) is 6.80. The van der Waals surface area contributed by atoms with Crippen LogP contribution in [0.4, 0.5) is 10.1 Å². The van der Waals surface area contributed by atoms with E-state index in [0.717, 1.165) is 32.7 Å². The standard InChI is InChI=1S/C22H24FN5O2/c1-16-4-5-18(11-19(16)23)25-22(29)20-15-30-21(26-20)14-28-9-7-27(8-10-28)13-17-3-2-6-24-12-17/h2-6,11-12,15H,7-10,13-14H2,1H3,(H,25,29). The summed E-state index contributed by atoms with van der Waals surface area (Å²) in [6, 6.07) is 8.61. The Hall–Kier alpha value is -3.10. The third kappa shape index (κ3) is 5.08. The van der Waals surface area contributed by atoms with Gasteiger partial charge in [-0.2, -0.15) is 0 Å². The van der Waals surface area contributed by atoms with E-state index in [0.29, 0.717) is 23.7 Å². The van der Waals surface area contributed by atoms with Crippen molar-refractivity contribution in [2.24, 2.45) is 0 Å².